The lowest BCUT2D eigenvalue weighted by Gasteiger charge is -2.32. The average Bonchev–Trinajstić information content (AvgIpc) is 2.78. The predicted octanol–water partition coefficient (Wildman–Crippen LogP) is 4.78. The summed E-state index contributed by atoms with van der Waals surface area (Å²) >= 11 is 0. The highest BCUT2D eigenvalue weighted by atomic mass is 19.1. The third-order valence-electron chi connectivity index (χ3n) is 5.51. The van der Waals surface area contributed by atoms with E-state index < -0.39 is 11.7 Å². The van der Waals surface area contributed by atoms with Crippen molar-refractivity contribution >= 4 is 23.2 Å². The Kier molecular flexibility index (Phi) is 6.21. The average molecular weight is 432 g/mol. The first-order valence-electron chi connectivity index (χ1n) is 10.7. The molecule has 0 bridgehead atoms. The molecule has 1 heterocycles. The Morgan fingerprint density at radius 1 is 0.906 bits per heavy atom. The van der Waals surface area contributed by atoms with Gasteiger partial charge in [0, 0.05) is 30.5 Å². The minimum Gasteiger partial charge on any atom is -0.366 e. The summed E-state index contributed by atoms with van der Waals surface area (Å²) in [5.74, 6) is -1.36. The fraction of sp³-hybridized carbons (Fsp3) is 0.231. The molecule has 3 aromatic rings. The van der Waals surface area contributed by atoms with E-state index in [9.17, 15) is 14.0 Å². The quantitative estimate of drug-likeness (QED) is 0.611. The summed E-state index contributed by atoms with van der Waals surface area (Å²) in [5.41, 5.74) is 4.24. The molecule has 32 heavy (non-hydrogen) atoms. The number of halogens is 1. The smallest absolute Gasteiger partial charge is 0.258 e. The molecule has 1 aliphatic heterocycles. The third kappa shape index (κ3) is 4.64. The van der Waals surface area contributed by atoms with Gasteiger partial charge in [0.05, 0.1) is 11.1 Å². The van der Waals surface area contributed by atoms with Crippen LogP contribution in [0.1, 0.15) is 45.7 Å². The number of hydrogen-bond donors (Lipinski definition) is 2. The first-order chi connectivity index (χ1) is 15.4. The molecule has 0 unspecified atom stereocenters. The summed E-state index contributed by atoms with van der Waals surface area (Å²) in [6, 6.07) is 19.4. The Morgan fingerprint density at radius 3 is 2.38 bits per heavy atom. The molecule has 2 N–H and O–H groups in total. The molecule has 164 valence electrons. The van der Waals surface area contributed by atoms with Crippen LogP contribution in [0, 0.1) is 5.82 Å². The summed E-state index contributed by atoms with van der Waals surface area (Å²) in [5, 5.41) is 5.66. The molecular weight excluding hydrogens is 405 g/mol. The van der Waals surface area contributed by atoms with Gasteiger partial charge in [0.15, 0.2) is 0 Å². The molecule has 2 amide bonds. The third-order valence-corrected chi connectivity index (χ3v) is 5.51. The molecule has 4 rings (SSSR count). The van der Waals surface area contributed by atoms with E-state index in [4.69, 9.17) is 0 Å². The van der Waals surface area contributed by atoms with Crippen molar-refractivity contribution in [2.75, 3.05) is 16.8 Å². The number of nitrogens with zero attached hydrogens (tertiary/aromatic N) is 1. The highest BCUT2D eigenvalue weighted by Crippen LogP contribution is 2.30. The van der Waals surface area contributed by atoms with Gasteiger partial charge < -0.3 is 15.5 Å². The van der Waals surface area contributed by atoms with Gasteiger partial charge in [-0.3, -0.25) is 9.59 Å². The molecule has 0 saturated carbocycles. The monoisotopic (exact) mass is 431 g/mol. The number of fused-ring (bicyclic) bond motifs is 1. The zero-order valence-corrected chi connectivity index (χ0v) is 18.2. The van der Waals surface area contributed by atoms with Crippen molar-refractivity contribution in [1.29, 1.82) is 0 Å². The molecule has 0 atom stereocenters. The lowest BCUT2D eigenvalue weighted by atomic mass is 9.98. The van der Waals surface area contributed by atoms with E-state index in [-0.39, 0.29) is 17.5 Å². The van der Waals surface area contributed by atoms with Crippen molar-refractivity contribution in [1.82, 2.24) is 5.32 Å². The molecule has 0 saturated heterocycles. The van der Waals surface area contributed by atoms with Crippen LogP contribution < -0.4 is 15.5 Å². The second-order valence-electron chi connectivity index (χ2n) is 8.23. The maximum Gasteiger partial charge on any atom is 0.258 e. The molecule has 1 aliphatic rings. The molecule has 0 radical (unpaired) electrons. The number of nitrogens with one attached hydrogen (secondary N) is 2. The van der Waals surface area contributed by atoms with Gasteiger partial charge in [-0.15, -0.1) is 0 Å². The molecule has 0 aliphatic carbocycles. The molecule has 3 aromatic carbocycles. The summed E-state index contributed by atoms with van der Waals surface area (Å²) in [6.45, 7) is 5.30. The van der Waals surface area contributed by atoms with Crippen molar-refractivity contribution in [3.8, 4) is 0 Å². The predicted molar refractivity (Wildman–Crippen MR) is 125 cm³/mol. The zero-order chi connectivity index (χ0) is 22.7. The van der Waals surface area contributed by atoms with Gasteiger partial charge in [-0.1, -0.05) is 36.4 Å². The zero-order valence-electron chi connectivity index (χ0n) is 18.2. The normalized spacial score (nSPS) is 12.9. The number of hydrogen-bond acceptors (Lipinski definition) is 3. The summed E-state index contributed by atoms with van der Waals surface area (Å²) < 4.78 is 14.0. The van der Waals surface area contributed by atoms with Gasteiger partial charge in [-0.2, -0.15) is 0 Å². The number of carbonyl (C=O) groups is 2. The van der Waals surface area contributed by atoms with E-state index in [1.165, 1.54) is 29.3 Å². The number of rotatable bonds is 5. The van der Waals surface area contributed by atoms with E-state index in [1.807, 2.05) is 32.0 Å². The standard InChI is InChI=1S/C26H26FN3O2/c1-17(2)28-26(32)22-15-20(29-25(31)21-9-5-6-10-23(21)27)11-12-24(22)30-14-13-18-7-3-4-8-19(18)16-30/h3-12,15,17H,13-14,16H2,1-2H3,(H,28,32)(H,29,31). The van der Waals surface area contributed by atoms with Crippen molar-refractivity contribution in [3.63, 3.8) is 0 Å². The van der Waals surface area contributed by atoms with Crippen LogP contribution in [0.25, 0.3) is 0 Å². The summed E-state index contributed by atoms with van der Waals surface area (Å²) in [7, 11) is 0. The second kappa shape index (κ2) is 9.22. The number of carbonyl (C=O) groups excluding carboxylic acids is 2. The molecule has 0 aromatic heterocycles. The largest absolute Gasteiger partial charge is 0.366 e. The van der Waals surface area contributed by atoms with E-state index in [2.05, 4.69) is 27.7 Å². The maximum absolute atomic E-state index is 14.0. The lowest BCUT2D eigenvalue weighted by molar-refractivity contribution is 0.0942. The van der Waals surface area contributed by atoms with Crippen LogP contribution in [-0.2, 0) is 13.0 Å². The van der Waals surface area contributed by atoms with Gasteiger partial charge in [-0.05, 0) is 61.7 Å². The highest BCUT2D eigenvalue weighted by molar-refractivity contribution is 6.06. The number of anilines is 2. The van der Waals surface area contributed by atoms with Crippen LogP contribution in [0.3, 0.4) is 0 Å². The van der Waals surface area contributed by atoms with Crippen molar-refractivity contribution in [2.45, 2.75) is 32.9 Å². The number of amides is 2. The first-order valence-corrected chi connectivity index (χ1v) is 10.7. The van der Waals surface area contributed by atoms with E-state index in [0.29, 0.717) is 17.8 Å². The van der Waals surface area contributed by atoms with Crippen LogP contribution in [0.2, 0.25) is 0 Å². The van der Waals surface area contributed by atoms with Crippen LogP contribution in [0.4, 0.5) is 15.8 Å². The maximum atomic E-state index is 14.0. The Hall–Kier alpha value is -3.67. The van der Waals surface area contributed by atoms with Gasteiger partial charge in [-0.25, -0.2) is 4.39 Å². The van der Waals surface area contributed by atoms with Gasteiger partial charge in [0.1, 0.15) is 5.82 Å². The van der Waals surface area contributed by atoms with Crippen molar-refractivity contribution in [3.05, 3.63) is 94.8 Å². The van der Waals surface area contributed by atoms with Crippen LogP contribution >= 0.6 is 0 Å². The highest BCUT2D eigenvalue weighted by Gasteiger charge is 2.22. The van der Waals surface area contributed by atoms with Gasteiger partial charge >= 0.3 is 0 Å². The van der Waals surface area contributed by atoms with Crippen LogP contribution in [-0.4, -0.2) is 24.4 Å². The van der Waals surface area contributed by atoms with Gasteiger partial charge in [0.2, 0.25) is 0 Å². The summed E-state index contributed by atoms with van der Waals surface area (Å²) in [4.78, 5) is 27.8. The molecule has 0 fully saturated rings. The Balaban J connectivity index is 1.64. The topological polar surface area (TPSA) is 61.4 Å². The molecule has 0 spiro atoms. The van der Waals surface area contributed by atoms with Gasteiger partial charge in [0.25, 0.3) is 11.8 Å². The van der Waals surface area contributed by atoms with Crippen molar-refractivity contribution in [2.24, 2.45) is 0 Å². The number of benzene rings is 3. The Bertz CT molecular complexity index is 1160. The molecule has 5 nitrogen and oxygen atoms in total. The van der Waals surface area contributed by atoms with E-state index in [1.54, 1.807) is 18.2 Å². The minimum atomic E-state index is -0.591. The Labute approximate surface area is 187 Å². The van der Waals surface area contributed by atoms with Crippen LogP contribution in [0.15, 0.2) is 66.7 Å². The SMILES string of the molecule is CC(C)NC(=O)c1cc(NC(=O)c2ccccc2F)ccc1N1CCc2ccccc2C1. The van der Waals surface area contributed by atoms with E-state index >= 15 is 0 Å². The molecule has 6 heteroatoms. The minimum absolute atomic E-state index is 0.0332. The Morgan fingerprint density at radius 2 is 1.62 bits per heavy atom. The first kappa shape index (κ1) is 21.6. The van der Waals surface area contributed by atoms with Crippen LogP contribution in [0.5, 0.6) is 0 Å². The molecular formula is C26H26FN3O2. The van der Waals surface area contributed by atoms with E-state index in [0.717, 1.165) is 18.7 Å². The second-order valence-corrected chi connectivity index (χ2v) is 8.23. The fourth-order valence-electron chi connectivity index (χ4n) is 3.96. The fourth-order valence-corrected chi connectivity index (χ4v) is 3.96. The van der Waals surface area contributed by atoms with Crippen molar-refractivity contribution < 1.29 is 14.0 Å². The summed E-state index contributed by atoms with van der Waals surface area (Å²) in [6.07, 6.45) is 0.896. The lowest BCUT2D eigenvalue weighted by Crippen LogP contribution is -2.35.